The van der Waals surface area contributed by atoms with Crippen molar-refractivity contribution in [3.05, 3.63) is 22.8 Å². The second kappa shape index (κ2) is 6.23. The first-order valence-corrected chi connectivity index (χ1v) is 8.17. The van der Waals surface area contributed by atoms with Gasteiger partial charge in [0, 0.05) is 12.4 Å². The second-order valence-corrected chi connectivity index (χ2v) is 6.04. The first-order valence-electron chi connectivity index (χ1n) is 5.98. The Morgan fingerprint density at radius 2 is 2.14 bits per heavy atom. The Labute approximate surface area is 129 Å². The highest BCUT2D eigenvalue weighted by Crippen LogP contribution is 2.29. The van der Waals surface area contributed by atoms with Crippen LogP contribution in [-0.4, -0.2) is 38.4 Å². The molecule has 1 fully saturated rings. The molecule has 0 aromatic carbocycles. The summed E-state index contributed by atoms with van der Waals surface area (Å²) in [6.07, 6.45) is 5.92. The van der Waals surface area contributed by atoms with Crippen molar-refractivity contribution in [1.29, 1.82) is 0 Å². The number of imidazole rings is 1. The maximum atomic E-state index is 8.74. The molecule has 0 aliphatic carbocycles. The molecule has 5 N–H and O–H groups in total. The Morgan fingerprint density at radius 3 is 2.71 bits per heavy atom. The molecule has 1 aliphatic heterocycles. The largest absolute Gasteiger partial charge is 0.394 e. The van der Waals surface area contributed by atoms with Crippen LogP contribution in [0.4, 0.5) is 5.82 Å². The lowest BCUT2D eigenvalue weighted by Gasteiger charge is -2.08. The van der Waals surface area contributed by atoms with E-state index in [-0.39, 0.29) is 0 Å². The van der Waals surface area contributed by atoms with Gasteiger partial charge in [0.15, 0.2) is 5.82 Å². The van der Waals surface area contributed by atoms with E-state index in [1.807, 2.05) is 10.6 Å². The summed E-state index contributed by atoms with van der Waals surface area (Å²) in [5.41, 5.74) is 6.70. The summed E-state index contributed by atoms with van der Waals surface area (Å²) >= 11 is 3.44. The first kappa shape index (κ1) is 16.1. The number of aromatic nitrogens is 3. The van der Waals surface area contributed by atoms with Gasteiger partial charge < -0.3 is 11.1 Å². The number of hydrogen-bond acceptors (Lipinski definition) is 6. The number of hydrogen-bond donors (Lipinski definition) is 4. The molecule has 3 heterocycles. The minimum atomic E-state index is -4.67. The van der Waals surface area contributed by atoms with Gasteiger partial charge in [-0.25, -0.2) is 9.97 Å². The minimum absolute atomic E-state index is 0.320. The Bertz CT molecular complexity index is 733. The van der Waals surface area contributed by atoms with Gasteiger partial charge in [-0.3, -0.25) is 13.5 Å². The number of nitrogens with two attached hydrogens (primary N) is 1. The molecular weight excluding hydrogens is 366 g/mol. The highest BCUT2D eigenvalue weighted by atomic mass is 79.9. The normalized spacial score (nSPS) is 18.5. The SMILES string of the molecule is Nc1nccn2c([C@@H]3CCCN3)nc(Br)c12.O=S(=O)(O)O. The zero-order chi connectivity index (χ0) is 15.6. The molecule has 0 radical (unpaired) electrons. The fourth-order valence-corrected chi connectivity index (χ4v) is 2.77. The van der Waals surface area contributed by atoms with E-state index in [2.05, 4.69) is 31.2 Å². The van der Waals surface area contributed by atoms with Gasteiger partial charge in [-0.1, -0.05) is 0 Å². The number of anilines is 1. The van der Waals surface area contributed by atoms with E-state index in [0.29, 0.717) is 11.9 Å². The average molecular weight is 380 g/mol. The topological polar surface area (TPSA) is 143 Å². The Hall–Kier alpha value is -1.27. The Morgan fingerprint density at radius 1 is 1.48 bits per heavy atom. The van der Waals surface area contributed by atoms with Crippen LogP contribution in [0.15, 0.2) is 17.0 Å². The van der Waals surface area contributed by atoms with Crippen LogP contribution in [0.25, 0.3) is 5.52 Å². The highest BCUT2D eigenvalue weighted by Gasteiger charge is 2.23. The molecule has 0 saturated carbocycles. The number of fused-ring (bicyclic) bond motifs is 1. The Kier molecular flexibility index (Phi) is 4.78. The minimum Gasteiger partial charge on any atom is -0.382 e. The molecule has 11 heteroatoms. The molecule has 1 aliphatic rings. The van der Waals surface area contributed by atoms with Crippen molar-refractivity contribution in [2.75, 3.05) is 12.3 Å². The van der Waals surface area contributed by atoms with Gasteiger partial charge >= 0.3 is 10.4 Å². The molecule has 0 amide bonds. The van der Waals surface area contributed by atoms with Crippen LogP contribution in [0.1, 0.15) is 24.7 Å². The number of rotatable bonds is 1. The van der Waals surface area contributed by atoms with Crippen LogP contribution in [0.3, 0.4) is 0 Å². The summed E-state index contributed by atoms with van der Waals surface area (Å²) in [5.74, 6) is 1.51. The van der Waals surface area contributed by atoms with E-state index < -0.39 is 10.4 Å². The molecule has 116 valence electrons. The number of nitrogens with one attached hydrogen (secondary N) is 1. The summed E-state index contributed by atoms with van der Waals surface area (Å²) < 4.78 is 34.4. The number of halogens is 1. The van der Waals surface area contributed by atoms with E-state index in [0.717, 1.165) is 28.9 Å². The monoisotopic (exact) mass is 379 g/mol. The van der Waals surface area contributed by atoms with E-state index in [1.165, 1.54) is 6.42 Å². The molecule has 1 saturated heterocycles. The molecule has 2 aromatic heterocycles. The summed E-state index contributed by atoms with van der Waals surface area (Å²) in [6, 6.07) is 0.320. The molecule has 9 nitrogen and oxygen atoms in total. The van der Waals surface area contributed by atoms with E-state index in [4.69, 9.17) is 23.3 Å². The molecule has 1 atom stereocenters. The molecule has 2 aromatic rings. The Balaban J connectivity index is 0.000000282. The zero-order valence-electron chi connectivity index (χ0n) is 10.8. The fraction of sp³-hybridized carbons (Fsp3) is 0.400. The van der Waals surface area contributed by atoms with Gasteiger partial charge in [0.25, 0.3) is 0 Å². The summed E-state index contributed by atoms with van der Waals surface area (Å²) in [4.78, 5) is 8.60. The van der Waals surface area contributed by atoms with Crippen LogP contribution in [0.2, 0.25) is 0 Å². The lowest BCUT2D eigenvalue weighted by molar-refractivity contribution is 0.381. The summed E-state index contributed by atoms with van der Waals surface area (Å²) in [6.45, 7) is 1.05. The van der Waals surface area contributed by atoms with Crippen LogP contribution in [-0.2, 0) is 10.4 Å². The maximum absolute atomic E-state index is 8.74. The second-order valence-electron chi connectivity index (χ2n) is 4.39. The van der Waals surface area contributed by atoms with Gasteiger partial charge in [-0.15, -0.1) is 0 Å². The standard InChI is InChI=1S/C10H12BrN5.H2O4S/c11-8-7-9(12)14-4-5-16(7)10(15-8)6-2-1-3-13-6;1-5(2,3)4/h4-6,13H,1-3H2,(H2,12,14);(H2,1,2,3,4)/t6-;/m0./s1. The lowest BCUT2D eigenvalue weighted by atomic mass is 10.2. The molecule has 21 heavy (non-hydrogen) atoms. The van der Waals surface area contributed by atoms with Crippen molar-refractivity contribution in [3.8, 4) is 0 Å². The van der Waals surface area contributed by atoms with Crippen molar-refractivity contribution in [1.82, 2.24) is 19.7 Å². The fourth-order valence-electron chi connectivity index (χ4n) is 2.19. The molecule has 0 unspecified atom stereocenters. The van der Waals surface area contributed by atoms with Crippen molar-refractivity contribution >= 4 is 37.7 Å². The third-order valence-electron chi connectivity index (χ3n) is 2.94. The quantitative estimate of drug-likeness (QED) is 0.533. The summed E-state index contributed by atoms with van der Waals surface area (Å²) in [7, 11) is -4.67. The van der Waals surface area contributed by atoms with Gasteiger partial charge in [0.2, 0.25) is 0 Å². The van der Waals surface area contributed by atoms with E-state index in [9.17, 15) is 0 Å². The van der Waals surface area contributed by atoms with Crippen molar-refractivity contribution in [3.63, 3.8) is 0 Å². The predicted octanol–water partition coefficient (Wildman–Crippen LogP) is 0.846. The zero-order valence-corrected chi connectivity index (χ0v) is 13.2. The van der Waals surface area contributed by atoms with E-state index >= 15 is 0 Å². The number of nitrogens with zero attached hydrogens (tertiary/aromatic N) is 3. The van der Waals surface area contributed by atoms with Crippen molar-refractivity contribution in [2.45, 2.75) is 18.9 Å². The highest BCUT2D eigenvalue weighted by molar-refractivity contribution is 9.10. The van der Waals surface area contributed by atoms with Crippen LogP contribution in [0, 0.1) is 0 Å². The molecule has 0 spiro atoms. The molecular formula is C10H14BrN5O4S. The van der Waals surface area contributed by atoms with Gasteiger partial charge in [0.05, 0.1) is 6.04 Å². The van der Waals surface area contributed by atoms with Crippen LogP contribution >= 0.6 is 15.9 Å². The maximum Gasteiger partial charge on any atom is 0.394 e. The average Bonchev–Trinajstić information content (AvgIpc) is 2.95. The number of nitrogen functional groups attached to an aromatic ring is 1. The van der Waals surface area contributed by atoms with Gasteiger partial charge in [-0.05, 0) is 35.3 Å². The predicted molar refractivity (Wildman–Crippen MR) is 79.3 cm³/mol. The van der Waals surface area contributed by atoms with E-state index in [1.54, 1.807) is 6.20 Å². The van der Waals surface area contributed by atoms with Gasteiger partial charge in [-0.2, -0.15) is 8.42 Å². The smallest absolute Gasteiger partial charge is 0.382 e. The van der Waals surface area contributed by atoms with Crippen LogP contribution < -0.4 is 11.1 Å². The summed E-state index contributed by atoms with van der Waals surface area (Å²) in [5, 5.41) is 3.43. The van der Waals surface area contributed by atoms with Gasteiger partial charge in [0.1, 0.15) is 15.9 Å². The third-order valence-corrected chi connectivity index (χ3v) is 3.49. The molecule has 3 rings (SSSR count). The van der Waals surface area contributed by atoms with Crippen LogP contribution in [0.5, 0.6) is 0 Å². The van der Waals surface area contributed by atoms with Crippen molar-refractivity contribution < 1.29 is 17.5 Å². The van der Waals surface area contributed by atoms with Crippen molar-refractivity contribution in [2.24, 2.45) is 0 Å². The first-order chi connectivity index (χ1) is 9.77. The lowest BCUT2D eigenvalue weighted by Crippen LogP contribution is -2.15. The molecule has 0 bridgehead atoms. The third kappa shape index (κ3) is 4.11.